The molecular weight excluding hydrogens is 108 g/mol. The molecule has 1 heterocycles. The van der Waals surface area contributed by atoms with Gasteiger partial charge in [-0.1, -0.05) is 0 Å². The molecule has 0 aromatic heterocycles. The Bertz CT molecular complexity index is 117. The summed E-state index contributed by atoms with van der Waals surface area (Å²) >= 11 is 0. The number of carbonyl (C=O) groups excluding carboxylic acids is 1. The standard InChI is InChI=1S/C5H6O3/c6-5-4-7-2-1-3-8-5/h1,3H,2,4H2. The summed E-state index contributed by atoms with van der Waals surface area (Å²) in [5, 5.41) is 0. The van der Waals surface area contributed by atoms with Gasteiger partial charge in [0.1, 0.15) is 6.61 Å². The predicted molar refractivity (Wildman–Crippen MR) is 26.1 cm³/mol. The van der Waals surface area contributed by atoms with Crippen LogP contribution in [0.5, 0.6) is 0 Å². The number of hydrogen-bond acceptors (Lipinski definition) is 3. The third-order valence-electron chi connectivity index (χ3n) is 0.730. The molecule has 0 N–H and O–H groups in total. The fourth-order valence-corrected chi connectivity index (χ4v) is 0.408. The molecule has 8 heavy (non-hydrogen) atoms. The third-order valence-corrected chi connectivity index (χ3v) is 0.730. The maximum absolute atomic E-state index is 10.3. The molecule has 1 aliphatic heterocycles. The largest absolute Gasteiger partial charge is 0.433 e. The lowest BCUT2D eigenvalue weighted by molar-refractivity contribution is -0.141. The van der Waals surface area contributed by atoms with Crippen LogP contribution in [-0.2, 0) is 14.3 Å². The van der Waals surface area contributed by atoms with Gasteiger partial charge in [-0.3, -0.25) is 0 Å². The zero-order valence-electron chi connectivity index (χ0n) is 4.29. The maximum atomic E-state index is 10.3. The van der Waals surface area contributed by atoms with E-state index in [0.29, 0.717) is 6.61 Å². The van der Waals surface area contributed by atoms with Gasteiger partial charge in [0.25, 0.3) is 0 Å². The summed E-state index contributed by atoms with van der Waals surface area (Å²) in [6.07, 6.45) is 2.99. The Hall–Kier alpha value is -0.830. The van der Waals surface area contributed by atoms with Crippen LogP contribution in [0, 0.1) is 0 Å². The van der Waals surface area contributed by atoms with Crippen molar-refractivity contribution in [3.8, 4) is 0 Å². The van der Waals surface area contributed by atoms with E-state index >= 15 is 0 Å². The molecule has 3 nitrogen and oxygen atoms in total. The second-order valence-electron chi connectivity index (χ2n) is 1.38. The second kappa shape index (κ2) is 2.47. The smallest absolute Gasteiger partial charge is 0.336 e. The molecule has 0 bridgehead atoms. The van der Waals surface area contributed by atoms with Crippen molar-refractivity contribution in [2.45, 2.75) is 0 Å². The summed E-state index contributed by atoms with van der Waals surface area (Å²) in [6.45, 7) is 0.527. The van der Waals surface area contributed by atoms with Crippen molar-refractivity contribution in [3.63, 3.8) is 0 Å². The fourth-order valence-electron chi connectivity index (χ4n) is 0.408. The Morgan fingerprint density at radius 3 is 3.38 bits per heavy atom. The lowest BCUT2D eigenvalue weighted by Gasteiger charge is -1.91. The minimum Gasteiger partial charge on any atom is -0.433 e. The first-order valence-corrected chi connectivity index (χ1v) is 2.32. The van der Waals surface area contributed by atoms with Crippen molar-refractivity contribution < 1.29 is 14.3 Å². The molecule has 3 heteroatoms. The van der Waals surface area contributed by atoms with E-state index in [1.807, 2.05) is 0 Å². The molecule has 0 saturated heterocycles. The van der Waals surface area contributed by atoms with Gasteiger partial charge in [-0.25, -0.2) is 4.79 Å². The van der Waals surface area contributed by atoms with Gasteiger partial charge in [0.15, 0.2) is 0 Å². The molecule has 0 fully saturated rings. The molecule has 0 aromatic rings. The summed E-state index contributed by atoms with van der Waals surface area (Å²) in [7, 11) is 0. The van der Waals surface area contributed by atoms with Gasteiger partial charge in [0, 0.05) is 0 Å². The zero-order valence-corrected chi connectivity index (χ0v) is 4.29. The average molecular weight is 114 g/mol. The molecule has 0 atom stereocenters. The molecule has 0 radical (unpaired) electrons. The highest BCUT2D eigenvalue weighted by atomic mass is 16.6. The predicted octanol–water partition coefficient (Wildman–Crippen LogP) is 0.0735. The summed E-state index contributed by atoms with van der Waals surface area (Å²) in [6, 6.07) is 0. The van der Waals surface area contributed by atoms with Crippen molar-refractivity contribution in [2.75, 3.05) is 13.2 Å². The molecule has 0 spiro atoms. The van der Waals surface area contributed by atoms with E-state index in [0.717, 1.165) is 0 Å². The van der Waals surface area contributed by atoms with E-state index in [-0.39, 0.29) is 12.6 Å². The summed E-state index contributed by atoms with van der Waals surface area (Å²) in [4.78, 5) is 10.3. The topological polar surface area (TPSA) is 35.5 Å². The molecular formula is C5H6O3. The summed E-state index contributed by atoms with van der Waals surface area (Å²) in [5.41, 5.74) is 0. The number of rotatable bonds is 0. The Labute approximate surface area is 46.9 Å². The van der Waals surface area contributed by atoms with Crippen LogP contribution in [0.1, 0.15) is 0 Å². The van der Waals surface area contributed by atoms with Crippen LogP contribution in [0.3, 0.4) is 0 Å². The SMILES string of the molecule is O=C1COCC=CO1. The van der Waals surface area contributed by atoms with Crippen LogP contribution >= 0.6 is 0 Å². The number of carbonyl (C=O) groups is 1. The van der Waals surface area contributed by atoms with Crippen molar-refractivity contribution in [2.24, 2.45) is 0 Å². The van der Waals surface area contributed by atoms with Gasteiger partial charge >= 0.3 is 5.97 Å². The van der Waals surface area contributed by atoms with Crippen molar-refractivity contribution >= 4 is 5.97 Å². The first kappa shape index (κ1) is 5.31. The van der Waals surface area contributed by atoms with E-state index in [9.17, 15) is 4.79 Å². The molecule has 1 aliphatic rings. The monoisotopic (exact) mass is 114 g/mol. The van der Waals surface area contributed by atoms with Gasteiger partial charge in [-0.05, 0) is 6.08 Å². The van der Waals surface area contributed by atoms with Crippen LogP contribution in [-0.4, -0.2) is 19.2 Å². The van der Waals surface area contributed by atoms with Crippen LogP contribution < -0.4 is 0 Å². The van der Waals surface area contributed by atoms with Gasteiger partial charge in [-0.15, -0.1) is 0 Å². The highest BCUT2D eigenvalue weighted by Gasteiger charge is 2.01. The van der Waals surface area contributed by atoms with Gasteiger partial charge < -0.3 is 9.47 Å². The van der Waals surface area contributed by atoms with E-state index < -0.39 is 0 Å². The van der Waals surface area contributed by atoms with Gasteiger partial charge in [0.05, 0.1) is 12.9 Å². The third kappa shape index (κ3) is 1.35. The lowest BCUT2D eigenvalue weighted by atomic mass is 10.7. The van der Waals surface area contributed by atoms with E-state index in [2.05, 4.69) is 4.74 Å². The maximum Gasteiger partial charge on any atom is 0.336 e. The Balaban J connectivity index is 2.41. The minimum atomic E-state index is -0.334. The number of hydrogen-bond donors (Lipinski definition) is 0. The fraction of sp³-hybridized carbons (Fsp3) is 0.400. The molecule has 44 valence electrons. The van der Waals surface area contributed by atoms with Crippen LogP contribution in [0.25, 0.3) is 0 Å². The minimum absolute atomic E-state index is 0.0625. The van der Waals surface area contributed by atoms with E-state index in [1.165, 1.54) is 6.26 Å². The Morgan fingerprint density at radius 1 is 1.62 bits per heavy atom. The van der Waals surface area contributed by atoms with Crippen LogP contribution in [0.15, 0.2) is 12.3 Å². The van der Waals surface area contributed by atoms with Gasteiger partial charge in [0.2, 0.25) is 0 Å². The average Bonchev–Trinajstić information content (AvgIpc) is 1.94. The van der Waals surface area contributed by atoms with Crippen LogP contribution in [0.2, 0.25) is 0 Å². The van der Waals surface area contributed by atoms with Crippen molar-refractivity contribution in [3.05, 3.63) is 12.3 Å². The van der Waals surface area contributed by atoms with E-state index in [1.54, 1.807) is 6.08 Å². The molecule has 0 unspecified atom stereocenters. The Kier molecular flexibility index (Phi) is 1.64. The van der Waals surface area contributed by atoms with E-state index in [4.69, 9.17) is 4.74 Å². The first-order valence-electron chi connectivity index (χ1n) is 2.32. The highest BCUT2D eigenvalue weighted by molar-refractivity contribution is 5.71. The lowest BCUT2D eigenvalue weighted by Crippen LogP contribution is -2.06. The number of cyclic esters (lactones) is 1. The Morgan fingerprint density at radius 2 is 2.50 bits per heavy atom. The van der Waals surface area contributed by atoms with Crippen molar-refractivity contribution in [1.29, 1.82) is 0 Å². The first-order chi connectivity index (χ1) is 3.89. The molecule has 0 saturated carbocycles. The summed E-state index contributed by atoms with van der Waals surface area (Å²) < 4.78 is 9.20. The second-order valence-corrected chi connectivity index (χ2v) is 1.38. The zero-order chi connectivity index (χ0) is 5.82. The quantitative estimate of drug-likeness (QED) is 0.418. The summed E-state index contributed by atoms with van der Waals surface area (Å²) in [5.74, 6) is -0.334. The van der Waals surface area contributed by atoms with Crippen LogP contribution in [0.4, 0.5) is 0 Å². The number of ether oxygens (including phenoxy) is 2. The molecule has 0 aromatic carbocycles. The number of esters is 1. The molecule has 0 aliphatic carbocycles. The highest BCUT2D eigenvalue weighted by Crippen LogP contribution is 1.89. The van der Waals surface area contributed by atoms with Gasteiger partial charge in [-0.2, -0.15) is 0 Å². The molecule has 0 amide bonds. The van der Waals surface area contributed by atoms with Crippen molar-refractivity contribution in [1.82, 2.24) is 0 Å². The normalized spacial score (nSPS) is 19.8. The molecule has 1 rings (SSSR count).